The Balaban J connectivity index is 2.25. The van der Waals surface area contributed by atoms with Crippen molar-refractivity contribution in [1.29, 1.82) is 5.41 Å². The molecule has 0 saturated carbocycles. The predicted molar refractivity (Wildman–Crippen MR) is 69.2 cm³/mol. The maximum atomic E-state index is 7.32. The van der Waals surface area contributed by atoms with E-state index in [2.05, 4.69) is 20.5 Å². The molecule has 0 amide bonds. The number of methoxy groups -OCH3 is 1. The average molecular weight is 264 g/mol. The van der Waals surface area contributed by atoms with Gasteiger partial charge in [-0.05, 0) is 10.4 Å². The van der Waals surface area contributed by atoms with Gasteiger partial charge in [0, 0.05) is 26.6 Å². The number of hydrogen-bond acceptors (Lipinski definition) is 7. The van der Waals surface area contributed by atoms with Crippen LogP contribution < -0.4 is 10.6 Å². The van der Waals surface area contributed by atoms with Crippen LogP contribution in [0.3, 0.4) is 0 Å². The first kappa shape index (κ1) is 13.1. The van der Waals surface area contributed by atoms with Gasteiger partial charge >= 0.3 is 0 Å². The van der Waals surface area contributed by atoms with Crippen LogP contribution >= 0.6 is 0 Å². The average Bonchev–Trinajstić information content (AvgIpc) is 2.87. The lowest BCUT2D eigenvalue weighted by Gasteiger charge is -2.23. The highest BCUT2D eigenvalue weighted by molar-refractivity contribution is 5.77. The van der Waals surface area contributed by atoms with Gasteiger partial charge in [0.25, 0.3) is 0 Å². The first-order valence-electron chi connectivity index (χ1n) is 5.81. The maximum Gasteiger partial charge on any atom is 0.199 e. The Labute approximate surface area is 109 Å². The number of hydrogen-bond donors (Lipinski definition) is 2. The number of fused-ring (bicyclic) bond motifs is 1. The van der Waals surface area contributed by atoms with E-state index in [4.69, 9.17) is 15.9 Å². The molecule has 2 aromatic heterocycles. The van der Waals surface area contributed by atoms with Crippen LogP contribution in [-0.4, -0.2) is 57.7 Å². The molecule has 3 N–H and O–H groups in total. The highest BCUT2D eigenvalue weighted by atomic mass is 16.5. The Morgan fingerprint density at radius 2 is 2.32 bits per heavy atom. The second-order valence-electron chi connectivity index (χ2n) is 3.97. The van der Waals surface area contributed by atoms with Gasteiger partial charge in [-0.2, -0.15) is 4.52 Å². The molecule has 19 heavy (non-hydrogen) atoms. The molecule has 0 aliphatic heterocycles. The van der Waals surface area contributed by atoms with Crippen LogP contribution in [-0.2, 0) is 4.74 Å². The third kappa shape index (κ3) is 3.13. The quantitative estimate of drug-likeness (QED) is 0.501. The van der Waals surface area contributed by atoms with E-state index in [0.29, 0.717) is 31.8 Å². The van der Waals surface area contributed by atoms with Crippen molar-refractivity contribution < 1.29 is 4.74 Å². The molecule has 2 aromatic rings. The number of amidine groups is 1. The summed E-state index contributed by atoms with van der Waals surface area (Å²) in [5, 5.41) is 18.7. The zero-order valence-corrected chi connectivity index (χ0v) is 10.7. The van der Waals surface area contributed by atoms with Crippen LogP contribution in [0.5, 0.6) is 0 Å². The molecular formula is C10H16N8O. The van der Waals surface area contributed by atoms with Gasteiger partial charge in [0.2, 0.25) is 0 Å². The van der Waals surface area contributed by atoms with Gasteiger partial charge in [-0.3, -0.25) is 10.4 Å². The summed E-state index contributed by atoms with van der Waals surface area (Å²) < 4.78 is 6.69. The fourth-order valence-electron chi connectivity index (χ4n) is 1.68. The van der Waals surface area contributed by atoms with Gasteiger partial charge < -0.3 is 15.4 Å². The minimum absolute atomic E-state index is 0.138. The number of aromatic nitrogens is 5. The lowest BCUT2D eigenvalue weighted by Crippen LogP contribution is -2.32. The van der Waals surface area contributed by atoms with Gasteiger partial charge in [-0.15, -0.1) is 5.10 Å². The van der Waals surface area contributed by atoms with Crippen LogP contribution in [0.1, 0.15) is 6.42 Å². The van der Waals surface area contributed by atoms with E-state index in [1.54, 1.807) is 24.0 Å². The van der Waals surface area contributed by atoms with Crippen molar-refractivity contribution in [2.75, 3.05) is 31.7 Å². The molecule has 2 heterocycles. The van der Waals surface area contributed by atoms with E-state index >= 15 is 0 Å². The van der Waals surface area contributed by atoms with Crippen molar-refractivity contribution in [2.45, 2.75) is 6.42 Å². The molecule has 0 atom stereocenters. The third-order valence-corrected chi connectivity index (χ3v) is 2.63. The van der Waals surface area contributed by atoms with Crippen molar-refractivity contribution in [3.8, 4) is 0 Å². The second kappa shape index (κ2) is 6.05. The number of rotatable bonds is 7. The Bertz CT molecular complexity index is 553. The van der Waals surface area contributed by atoms with Gasteiger partial charge in [-0.1, -0.05) is 0 Å². The van der Waals surface area contributed by atoms with Gasteiger partial charge in [0.1, 0.15) is 0 Å². The van der Waals surface area contributed by atoms with Crippen molar-refractivity contribution in [3.05, 3.63) is 12.4 Å². The highest BCUT2D eigenvalue weighted by Gasteiger charge is 2.12. The predicted octanol–water partition coefficient (Wildman–Crippen LogP) is -0.702. The normalized spacial score (nSPS) is 10.8. The summed E-state index contributed by atoms with van der Waals surface area (Å²) in [6.45, 7) is 1.78. The van der Waals surface area contributed by atoms with Crippen molar-refractivity contribution in [2.24, 2.45) is 5.73 Å². The Morgan fingerprint density at radius 3 is 3.05 bits per heavy atom. The monoisotopic (exact) mass is 264 g/mol. The molecule has 0 aliphatic carbocycles. The second-order valence-corrected chi connectivity index (χ2v) is 3.97. The van der Waals surface area contributed by atoms with E-state index in [1.807, 2.05) is 4.90 Å². The summed E-state index contributed by atoms with van der Waals surface area (Å²) in [5.41, 5.74) is 5.97. The molecule has 0 fully saturated rings. The summed E-state index contributed by atoms with van der Waals surface area (Å²) >= 11 is 0. The fraction of sp³-hybridized carbons (Fsp3) is 0.500. The summed E-state index contributed by atoms with van der Waals surface area (Å²) in [6.07, 6.45) is 3.73. The molecule has 9 heteroatoms. The van der Waals surface area contributed by atoms with E-state index < -0.39 is 0 Å². The molecule has 0 aromatic carbocycles. The number of ether oxygens (including phenoxy) is 1. The molecule has 0 saturated heterocycles. The SMILES string of the molecule is COCCN(CCC(=N)N)c1cncc2nnnn12. The summed E-state index contributed by atoms with van der Waals surface area (Å²) in [7, 11) is 1.64. The van der Waals surface area contributed by atoms with E-state index in [0.717, 1.165) is 5.82 Å². The maximum absolute atomic E-state index is 7.32. The largest absolute Gasteiger partial charge is 0.388 e. The van der Waals surface area contributed by atoms with Gasteiger partial charge in [0.05, 0.1) is 24.8 Å². The Morgan fingerprint density at radius 1 is 1.47 bits per heavy atom. The zero-order chi connectivity index (χ0) is 13.7. The summed E-state index contributed by atoms with van der Waals surface area (Å²) in [6, 6.07) is 0. The zero-order valence-electron chi connectivity index (χ0n) is 10.7. The Hall–Kier alpha value is -2.29. The van der Waals surface area contributed by atoms with Gasteiger partial charge in [-0.25, -0.2) is 0 Å². The molecule has 9 nitrogen and oxygen atoms in total. The molecule has 0 bridgehead atoms. The van der Waals surface area contributed by atoms with Crippen LogP contribution in [0.15, 0.2) is 12.4 Å². The van der Waals surface area contributed by atoms with Crippen LogP contribution in [0.25, 0.3) is 5.65 Å². The number of anilines is 1. The standard InChI is InChI=1S/C10H16N8O/c1-19-5-4-17(3-2-8(11)12)10-7-13-6-9-14-15-16-18(9)10/h6-7H,2-5H2,1H3,(H3,11,12). The minimum Gasteiger partial charge on any atom is -0.388 e. The number of tetrazole rings is 1. The highest BCUT2D eigenvalue weighted by Crippen LogP contribution is 2.13. The molecule has 0 spiro atoms. The van der Waals surface area contributed by atoms with Crippen molar-refractivity contribution in [3.63, 3.8) is 0 Å². The first-order valence-corrected chi connectivity index (χ1v) is 5.81. The smallest absolute Gasteiger partial charge is 0.199 e. The van der Waals surface area contributed by atoms with Crippen LogP contribution in [0.4, 0.5) is 5.82 Å². The lowest BCUT2D eigenvalue weighted by molar-refractivity contribution is 0.205. The number of nitrogens with one attached hydrogen (secondary N) is 1. The topological polar surface area (TPSA) is 118 Å². The first-order chi connectivity index (χ1) is 9.22. The van der Waals surface area contributed by atoms with E-state index in [-0.39, 0.29) is 5.84 Å². The molecule has 102 valence electrons. The van der Waals surface area contributed by atoms with Crippen molar-refractivity contribution in [1.82, 2.24) is 25.0 Å². The molecule has 0 radical (unpaired) electrons. The third-order valence-electron chi connectivity index (χ3n) is 2.63. The number of nitrogens with two attached hydrogens (primary N) is 1. The fourth-order valence-corrected chi connectivity index (χ4v) is 1.68. The lowest BCUT2D eigenvalue weighted by atomic mass is 10.3. The molecule has 0 unspecified atom stereocenters. The van der Waals surface area contributed by atoms with Crippen molar-refractivity contribution >= 4 is 17.3 Å². The summed E-state index contributed by atoms with van der Waals surface area (Å²) in [4.78, 5) is 6.10. The van der Waals surface area contributed by atoms with Crippen LogP contribution in [0.2, 0.25) is 0 Å². The van der Waals surface area contributed by atoms with Crippen LogP contribution in [0, 0.1) is 5.41 Å². The number of nitrogens with zero attached hydrogens (tertiary/aromatic N) is 6. The van der Waals surface area contributed by atoms with E-state index in [9.17, 15) is 0 Å². The van der Waals surface area contributed by atoms with Gasteiger partial charge in [0.15, 0.2) is 11.5 Å². The molecule has 2 rings (SSSR count). The minimum atomic E-state index is 0.138. The van der Waals surface area contributed by atoms with E-state index in [1.165, 1.54) is 0 Å². The molecular weight excluding hydrogens is 248 g/mol. The Kier molecular flexibility index (Phi) is 4.18. The molecule has 0 aliphatic rings. The summed E-state index contributed by atoms with van der Waals surface area (Å²) in [5.74, 6) is 0.889.